The molecule has 18 heavy (non-hydrogen) atoms. The minimum absolute atomic E-state index is 0.118. The molecule has 0 radical (unpaired) electrons. The first kappa shape index (κ1) is 15.0. The summed E-state index contributed by atoms with van der Waals surface area (Å²) in [5.74, 6) is -0.118. The smallest absolute Gasteiger partial charge is 0.140 e. The third-order valence-corrected chi connectivity index (χ3v) is 4.47. The van der Waals surface area contributed by atoms with Gasteiger partial charge in [0, 0.05) is 10.4 Å². The van der Waals surface area contributed by atoms with E-state index in [4.69, 9.17) is 11.0 Å². The second-order valence-electron chi connectivity index (χ2n) is 4.62. The highest BCUT2D eigenvalue weighted by molar-refractivity contribution is 7.16. The van der Waals surface area contributed by atoms with Crippen LogP contribution in [0.5, 0.6) is 0 Å². The Hall–Kier alpha value is -1.08. The summed E-state index contributed by atoms with van der Waals surface area (Å²) in [5, 5.41) is 9.56. The summed E-state index contributed by atoms with van der Waals surface area (Å²) in [6.07, 6.45) is 2.19. The number of hydrogen-bond donors (Lipinski definition) is 1. The first-order chi connectivity index (χ1) is 8.50. The van der Waals surface area contributed by atoms with Crippen LogP contribution >= 0.6 is 11.3 Å². The minimum atomic E-state index is -1.37. The number of nitrogen functional groups attached to an aromatic ring is 1. The number of fused-ring (bicyclic) bond motifs is 1. The molecule has 1 aromatic heterocycles. The molecule has 4 heteroatoms. The van der Waals surface area contributed by atoms with E-state index in [-0.39, 0.29) is 5.92 Å². The van der Waals surface area contributed by atoms with E-state index in [1.807, 2.05) is 27.7 Å². The summed E-state index contributed by atoms with van der Waals surface area (Å²) < 4.78 is 14.9. The molecule has 1 heterocycles. The fraction of sp³-hybridized carbons (Fsp3) is 0.643. The Morgan fingerprint density at radius 1 is 1.44 bits per heavy atom. The number of aryl methyl sites for hydroxylation is 1. The van der Waals surface area contributed by atoms with Crippen molar-refractivity contribution >= 4 is 16.3 Å². The zero-order valence-corrected chi connectivity index (χ0v) is 12.3. The summed E-state index contributed by atoms with van der Waals surface area (Å²) in [6, 6.07) is 2.06. The lowest BCUT2D eigenvalue weighted by Gasteiger charge is -2.33. The Morgan fingerprint density at radius 3 is 2.56 bits per heavy atom. The van der Waals surface area contributed by atoms with E-state index in [1.54, 1.807) is 0 Å². The molecule has 0 fully saturated rings. The summed E-state index contributed by atoms with van der Waals surface area (Å²) in [4.78, 5) is 0.969. The fourth-order valence-corrected chi connectivity index (χ4v) is 3.57. The molecule has 0 bridgehead atoms. The van der Waals surface area contributed by atoms with Gasteiger partial charge in [0.05, 0.1) is 5.56 Å². The van der Waals surface area contributed by atoms with E-state index in [9.17, 15) is 4.39 Å². The Balaban J connectivity index is 0.000000771. The van der Waals surface area contributed by atoms with E-state index in [2.05, 4.69) is 6.07 Å². The number of anilines is 1. The first-order valence-corrected chi connectivity index (χ1v) is 7.33. The van der Waals surface area contributed by atoms with Crippen LogP contribution in [0.2, 0.25) is 0 Å². The van der Waals surface area contributed by atoms with Crippen LogP contribution in [0.3, 0.4) is 0 Å². The maximum absolute atomic E-state index is 14.9. The molecule has 0 saturated carbocycles. The van der Waals surface area contributed by atoms with Crippen molar-refractivity contribution in [1.29, 1.82) is 5.26 Å². The van der Waals surface area contributed by atoms with Crippen molar-refractivity contribution in [2.24, 2.45) is 5.92 Å². The number of hydrogen-bond acceptors (Lipinski definition) is 3. The zero-order chi connectivity index (χ0) is 13.9. The van der Waals surface area contributed by atoms with Gasteiger partial charge in [-0.2, -0.15) is 5.26 Å². The van der Waals surface area contributed by atoms with Gasteiger partial charge in [-0.3, -0.25) is 0 Å². The van der Waals surface area contributed by atoms with Crippen molar-refractivity contribution in [3.63, 3.8) is 0 Å². The van der Waals surface area contributed by atoms with Gasteiger partial charge in [0.15, 0.2) is 0 Å². The van der Waals surface area contributed by atoms with Crippen molar-refractivity contribution in [3.8, 4) is 6.07 Å². The largest absolute Gasteiger partial charge is 0.389 e. The average Bonchev–Trinajstić information content (AvgIpc) is 2.68. The number of nitrogens with two attached hydrogens (primary N) is 1. The third-order valence-electron chi connectivity index (χ3n) is 3.40. The maximum atomic E-state index is 14.9. The highest BCUT2D eigenvalue weighted by atomic mass is 32.1. The van der Waals surface area contributed by atoms with Crippen molar-refractivity contribution < 1.29 is 4.39 Å². The van der Waals surface area contributed by atoms with Crippen LogP contribution in [0.4, 0.5) is 9.39 Å². The Morgan fingerprint density at radius 2 is 2.06 bits per heavy atom. The van der Waals surface area contributed by atoms with Crippen LogP contribution in [0.1, 0.15) is 56.5 Å². The van der Waals surface area contributed by atoms with Crippen LogP contribution in [-0.4, -0.2) is 0 Å². The molecule has 1 atom stereocenters. The zero-order valence-electron chi connectivity index (χ0n) is 11.5. The first-order valence-electron chi connectivity index (χ1n) is 6.51. The molecule has 1 aliphatic rings. The standard InChI is InChI=1S/C12H15FN2S.C2H6/c1-7(2)12(13)5-3-4-9-10(12)8(6-14)11(15)16-9;1-2/h7H,3-5,15H2,1-2H3;1-2H3. The van der Waals surface area contributed by atoms with E-state index >= 15 is 0 Å². The number of rotatable bonds is 1. The SMILES string of the molecule is CC.CC(C)C1(F)CCCc2sc(N)c(C#N)c21. The molecule has 0 aliphatic heterocycles. The summed E-state index contributed by atoms with van der Waals surface area (Å²) in [7, 11) is 0. The maximum Gasteiger partial charge on any atom is 0.140 e. The van der Waals surface area contributed by atoms with Gasteiger partial charge in [0.1, 0.15) is 16.7 Å². The second kappa shape index (κ2) is 5.71. The number of nitrogens with zero attached hydrogens (tertiary/aromatic N) is 1. The number of thiophene rings is 1. The van der Waals surface area contributed by atoms with Crippen LogP contribution in [0.15, 0.2) is 0 Å². The van der Waals surface area contributed by atoms with Gasteiger partial charge in [-0.05, 0) is 25.2 Å². The average molecular weight is 268 g/mol. The molecule has 1 unspecified atom stereocenters. The Bertz CT molecular complexity index is 459. The van der Waals surface area contributed by atoms with Gasteiger partial charge >= 0.3 is 0 Å². The van der Waals surface area contributed by atoms with Crippen LogP contribution in [0.25, 0.3) is 0 Å². The van der Waals surface area contributed by atoms with Crippen LogP contribution in [0, 0.1) is 17.2 Å². The topological polar surface area (TPSA) is 49.8 Å². The van der Waals surface area contributed by atoms with Crippen molar-refractivity contribution in [1.82, 2.24) is 0 Å². The van der Waals surface area contributed by atoms with Gasteiger partial charge < -0.3 is 5.73 Å². The molecule has 1 aromatic rings. The molecule has 0 aromatic carbocycles. The van der Waals surface area contributed by atoms with Crippen LogP contribution < -0.4 is 5.73 Å². The molecule has 0 amide bonds. The molecule has 100 valence electrons. The predicted molar refractivity (Wildman–Crippen MR) is 75.4 cm³/mol. The summed E-state index contributed by atoms with van der Waals surface area (Å²) >= 11 is 1.38. The van der Waals surface area contributed by atoms with Crippen molar-refractivity contribution in [2.45, 2.75) is 52.6 Å². The third kappa shape index (κ3) is 2.24. The molecule has 0 spiro atoms. The quantitative estimate of drug-likeness (QED) is 0.821. The van der Waals surface area contributed by atoms with Crippen molar-refractivity contribution in [3.05, 3.63) is 16.0 Å². The number of nitriles is 1. The lowest BCUT2D eigenvalue weighted by Crippen LogP contribution is -2.31. The van der Waals surface area contributed by atoms with E-state index in [1.165, 1.54) is 11.3 Å². The number of halogens is 1. The van der Waals surface area contributed by atoms with Gasteiger partial charge in [-0.25, -0.2) is 4.39 Å². The monoisotopic (exact) mass is 268 g/mol. The summed E-state index contributed by atoms with van der Waals surface area (Å²) in [5.41, 5.74) is 5.37. The Labute approximate surface area is 113 Å². The highest BCUT2D eigenvalue weighted by Gasteiger charge is 2.43. The molecule has 0 saturated heterocycles. The summed E-state index contributed by atoms with van der Waals surface area (Å²) in [6.45, 7) is 7.73. The van der Waals surface area contributed by atoms with Crippen molar-refractivity contribution in [2.75, 3.05) is 5.73 Å². The molecular weight excluding hydrogens is 247 g/mol. The molecule has 2 rings (SSSR count). The molecule has 1 aliphatic carbocycles. The molecule has 2 nitrogen and oxygen atoms in total. The van der Waals surface area contributed by atoms with E-state index in [0.29, 0.717) is 22.5 Å². The lowest BCUT2D eigenvalue weighted by atomic mass is 9.76. The molecule has 2 N–H and O–H groups in total. The Kier molecular flexibility index (Phi) is 4.75. The van der Waals surface area contributed by atoms with Gasteiger partial charge in [0.25, 0.3) is 0 Å². The van der Waals surface area contributed by atoms with Gasteiger partial charge in [0.2, 0.25) is 0 Å². The second-order valence-corrected chi connectivity index (χ2v) is 5.76. The number of alkyl halides is 1. The minimum Gasteiger partial charge on any atom is -0.389 e. The van der Waals surface area contributed by atoms with E-state index in [0.717, 1.165) is 17.7 Å². The molecular formula is C14H21FN2S. The lowest BCUT2D eigenvalue weighted by molar-refractivity contribution is 0.0770. The van der Waals surface area contributed by atoms with E-state index < -0.39 is 5.67 Å². The van der Waals surface area contributed by atoms with Gasteiger partial charge in [-0.1, -0.05) is 27.7 Å². The van der Waals surface area contributed by atoms with Gasteiger partial charge in [-0.15, -0.1) is 11.3 Å². The normalized spacial score (nSPS) is 21.8. The highest BCUT2D eigenvalue weighted by Crippen LogP contribution is 2.49. The van der Waals surface area contributed by atoms with Crippen LogP contribution in [-0.2, 0) is 12.1 Å². The predicted octanol–water partition coefficient (Wildman–Crippen LogP) is 4.39. The fourth-order valence-electron chi connectivity index (χ4n) is 2.43.